The molecule has 5 nitrogen and oxygen atoms in total. The average Bonchev–Trinajstić information content (AvgIpc) is 2.71. The van der Waals surface area contributed by atoms with E-state index in [2.05, 4.69) is 10.8 Å². The molecule has 0 aromatic heterocycles. The maximum atomic E-state index is 15.5. The first kappa shape index (κ1) is 25.9. The molecule has 0 aliphatic rings. The second-order valence-corrected chi connectivity index (χ2v) is 10.7. The molecule has 0 radical (unpaired) electrons. The van der Waals surface area contributed by atoms with E-state index in [-0.39, 0.29) is 29.7 Å². The second-order valence-electron chi connectivity index (χ2n) is 8.75. The molecule has 2 aromatic carbocycles. The van der Waals surface area contributed by atoms with Crippen LogP contribution in [0.4, 0.5) is 4.39 Å². The third-order valence-corrected chi connectivity index (χ3v) is 7.00. The van der Waals surface area contributed by atoms with Crippen molar-refractivity contribution >= 4 is 17.3 Å². The van der Waals surface area contributed by atoms with E-state index >= 15 is 4.39 Å². The summed E-state index contributed by atoms with van der Waals surface area (Å²) < 4.78 is 35.7. The van der Waals surface area contributed by atoms with E-state index in [0.29, 0.717) is 5.56 Å². The Kier molecular flexibility index (Phi) is 8.47. The Hall–Kier alpha value is -2.40. The number of esters is 1. The van der Waals surface area contributed by atoms with Gasteiger partial charge in [0.15, 0.2) is 0 Å². The lowest BCUT2D eigenvalue weighted by atomic mass is 9.88. The zero-order chi connectivity index (χ0) is 24.2. The standard InChI is InChI=1S/C25H31FN2O3S/c1-8-31-23(29)13-22(28-32(30)25(5,6)7)20-12-19(21(14-27)17(4)24(20)26)18-11-9-10-15(2)16(18)3/h9-12,22,28H,8,13H2,1-7H3/t22?,32-/m1/s1. The van der Waals surface area contributed by atoms with Crippen LogP contribution in [0.25, 0.3) is 11.1 Å². The summed E-state index contributed by atoms with van der Waals surface area (Å²) in [6, 6.07) is 8.59. The molecule has 0 spiro atoms. The molecular formula is C25H31FN2O3S. The van der Waals surface area contributed by atoms with E-state index in [0.717, 1.165) is 16.7 Å². The van der Waals surface area contributed by atoms with Crippen LogP contribution < -0.4 is 4.72 Å². The number of hydrogen-bond acceptors (Lipinski definition) is 5. The van der Waals surface area contributed by atoms with Crippen LogP contribution in [0.2, 0.25) is 0 Å². The first-order chi connectivity index (χ1) is 14.9. The molecule has 7 heteroatoms. The van der Waals surface area contributed by atoms with Crippen molar-refractivity contribution < 1.29 is 18.5 Å². The van der Waals surface area contributed by atoms with Crippen molar-refractivity contribution in [2.45, 2.75) is 65.7 Å². The molecule has 2 atom stereocenters. The predicted molar refractivity (Wildman–Crippen MR) is 126 cm³/mol. The van der Waals surface area contributed by atoms with Gasteiger partial charge < -0.3 is 9.29 Å². The molecule has 0 fully saturated rings. The minimum absolute atomic E-state index is 0.183. The first-order valence-electron chi connectivity index (χ1n) is 10.6. The number of nitrogens with one attached hydrogen (secondary N) is 1. The SMILES string of the molecule is CCOC(=O)CC(N[S@+]([O-])C(C)(C)C)c1cc(-c2cccc(C)c2C)c(C#N)c(C)c1F. The minimum atomic E-state index is -1.56. The maximum absolute atomic E-state index is 15.5. The highest BCUT2D eigenvalue weighted by Crippen LogP contribution is 2.36. The van der Waals surface area contributed by atoms with E-state index in [4.69, 9.17) is 4.74 Å². The molecule has 2 rings (SSSR count). The van der Waals surface area contributed by atoms with E-state index in [1.165, 1.54) is 0 Å². The van der Waals surface area contributed by atoms with Crippen molar-refractivity contribution in [2.24, 2.45) is 0 Å². The number of aryl methyl sites for hydroxylation is 1. The third-order valence-electron chi connectivity index (χ3n) is 5.39. The van der Waals surface area contributed by atoms with Gasteiger partial charge in [0.1, 0.15) is 16.6 Å². The molecule has 32 heavy (non-hydrogen) atoms. The van der Waals surface area contributed by atoms with Gasteiger partial charge in [-0.25, -0.2) is 4.39 Å². The summed E-state index contributed by atoms with van der Waals surface area (Å²) >= 11 is -1.56. The van der Waals surface area contributed by atoms with Gasteiger partial charge in [-0.3, -0.25) is 4.79 Å². The molecule has 0 aliphatic carbocycles. The second kappa shape index (κ2) is 10.5. The topological polar surface area (TPSA) is 85.2 Å². The Bertz CT molecular complexity index is 1040. The van der Waals surface area contributed by atoms with Gasteiger partial charge in [0.2, 0.25) is 0 Å². The number of nitrogens with zero attached hydrogens (tertiary/aromatic N) is 1. The summed E-state index contributed by atoms with van der Waals surface area (Å²) in [4.78, 5) is 12.3. The van der Waals surface area contributed by atoms with Crippen molar-refractivity contribution in [1.82, 2.24) is 4.72 Å². The zero-order valence-electron chi connectivity index (χ0n) is 19.8. The maximum Gasteiger partial charge on any atom is 0.307 e. The average molecular weight is 459 g/mol. The van der Waals surface area contributed by atoms with Crippen molar-refractivity contribution in [2.75, 3.05) is 6.61 Å². The molecule has 0 aliphatic heterocycles. The molecule has 1 unspecified atom stereocenters. The van der Waals surface area contributed by atoms with Gasteiger partial charge in [-0.05, 0) is 71.2 Å². The summed E-state index contributed by atoms with van der Waals surface area (Å²) in [6.07, 6.45) is -0.190. The van der Waals surface area contributed by atoms with Crippen LogP contribution in [0.5, 0.6) is 0 Å². The van der Waals surface area contributed by atoms with Gasteiger partial charge in [0.05, 0.1) is 24.6 Å². The molecule has 172 valence electrons. The molecule has 0 amide bonds. The third kappa shape index (κ3) is 5.69. The largest absolute Gasteiger partial charge is 0.598 e. The lowest BCUT2D eigenvalue weighted by Gasteiger charge is -2.28. The molecule has 2 aromatic rings. The van der Waals surface area contributed by atoms with Crippen LogP contribution in [0.1, 0.15) is 68.0 Å². The fraction of sp³-hybridized carbons (Fsp3) is 0.440. The Balaban J connectivity index is 2.72. The summed E-state index contributed by atoms with van der Waals surface area (Å²) in [6.45, 7) is 12.7. The van der Waals surface area contributed by atoms with E-state index < -0.39 is 33.9 Å². The van der Waals surface area contributed by atoms with E-state index in [1.807, 2.05) is 32.0 Å². The summed E-state index contributed by atoms with van der Waals surface area (Å²) in [5, 5.41) is 9.79. The van der Waals surface area contributed by atoms with Gasteiger partial charge >= 0.3 is 5.97 Å². The van der Waals surface area contributed by atoms with Crippen LogP contribution in [0.3, 0.4) is 0 Å². The molecule has 0 heterocycles. The number of nitriles is 1. The highest BCUT2D eigenvalue weighted by atomic mass is 32.2. The van der Waals surface area contributed by atoms with Gasteiger partial charge in [0.25, 0.3) is 0 Å². The fourth-order valence-corrected chi connectivity index (χ4v) is 4.20. The van der Waals surface area contributed by atoms with Crippen LogP contribution in [0, 0.1) is 37.9 Å². The van der Waals surface area contributed by atoms with Crippen LogP contribution in [0.15, 0.2) is 24.3 Å². The number of ether oxygens (including phenoxy) is 1. The molecule has 0 saturated heterocycles. The smallest absolute Gasteiger partial charge is 0.307 e. The Morgan fingerprint density at radius 2 is 1.91 bits per heavy atom. The van der Waals surface area contributed by atoms with Crippen LogP contribution >= 0.6 is 0 Å². The van der Waals surface area contributed by atoms with E-state index in [1.54, 1.807) is 40.7 Å². The predicted octanol–water partition coefficient (Wildman–Crippen LogP) is 5.34. The number of halogens is 1. The molecule has 0 saturated carbocycles. The summed E-state index contributed by atoms with van der Waals surface area (Å²) in [5.41, 5.74) is 4.05. The number of carbonyl (C=O) groups is 1. The van der Waals surface area contributed by atoms with Crippen molar-refractivity contribution in [3.8, 4) is 17.2 Å². The number of carbonyl (C=O) groups excluding carboxylic acids is 1. The Labute approximate surface area is 193 Å². The van der Waals surface area contributed by atoms with Crippen molar-refractivity contribution in [3.05, 3.63) is 57.9 Å². The van der Waals surface area contributed by atoms with Crippen LogP contribution in [-0.2, 0) is 20.9 Å². The number of benzene rings is 2. The highest BCUT2D eigenvalue weighted by molar-refractivity contribution is 7.90. The summed E-state index contributed by atoms with van der Waals surface area (Å²) in [5.74, 6) is -1.12. The zero-order valence-corrected chi connectivity index (χ0v) is 20.6. The monoisotopic (exact) mass is 458 g/mol. The first-order valence-corrected chi connectivity index (χ1v) is 11.7. The minimum Gasteiger partial charge on any atom is -0.598 e. The van der Waals surface area contributed by atoms with Gasteiger partial charge in [-0.2, -0.15) is 5.26 Å². The normalized spacial score (nSPS) is 13.4. The van der Waals surface area contributed by atoms with Crippen molar-refractivity contribution in [3.63, 3.8) is 0 Å². The number of hydrogen-bond donors (Lipinski definition) is 1. The molecular weight excluding hydrogens is 427 g/mol. The van der Waals surface area contributed by atoms with Crippen LogP contribution in [-0.4, -0.2) is 21.9 Å². The highest BCUT2D eigenvalue weighted by Gasteiger charge is 2.33. The van der Waals surface area contributed by atoms with E-state index in [9.17, 15) is 14.6 Å². The fourth-order valence-electron chi connectivity index (χ4n) is 3.38. The van der Waals surface area contributed by atoms with Gasteiger partial charge in [-0.1, -0.05) is 18.2 Å². The lowest BCUT2D eigenvalue weighted by Crippen LogP contribution is -2.42. The Morgan fingerprint density at radius 3 is 2.47 bits per heavy atom. The van der Waals surface area contributed by atoms with Gasteiger partial charge in [0, 0.05) is 28.1 Å². The molecule has 1 N–H and O–H groups in total. The van der Waals surface area contributed by atoms with Crippen molar-refractivity contribution in [1.29, 1.82) is 5.26 Å². The molecule has 0 bridgehead atoms. The lowest BCUT2D eigenvalue weighted by molar-refractivity contribution is -0.143. The Morgan fingerprint density at radius 1 is 1.25 bits per heavy atom. The quantitative estimate of drug-likeness (QED) is 0.447. The number of rotatable bonds is 7. The van der Waals surface area contributed by atoms with Gasteiger partial charge in [-0.15, -0.1) is 4.72 Å². The summed E-state index contributed by atoms with van der Waals surface area (Å²) in [7, 11) is 0.